The van der Waals surface area contributed by atoms with Gasteiger partial charge in [-0.1, -0.05) is 18.3 Å². The molecule has 0 saturated heterocycles. The third-order valence-electron chi connectivity index (χ3n) is 1.97. The van der Waals surface area contributed by atoms with E-state index in [9.17, 15) is 4.79 Å². The highest BCUT2D eigenvalue weighted by Crippen LogP contribution is 2.19. The topological polar surface area (TPSA) is 42.9 Å². The summed E-state index contributed by atoms with van der Waals surface area (Å²) >= 11 is 1.52. The van der Waals surface area contributed by atoms with E-state index in [0.29, 0.717) is 12.1 Å². The van der Waals surface area contributed by atoms with Crippen LogP contribution in [0.5, 0.6) is 0 Å². The van der Waals surface area contributed by atoms with Crippen LogP contribution in [0.25, 0.3) is 10.3 Å². The molecule has 0 fully saturated rings. The number of Topliss-reactive ketones (excluding diaryl/α,β-unsaturated/α-hetero) is 1. The first kappa shape index (κ1) is 9.27. The van der Waals surface area contributed by atoms with E-state index in [2.05, 4.69) is 9.97 Å². The number of carbonyl (C=O) groups excluding carboxylic acids is 1. The molecule has 2 aromatic heterocycles. The van der Waals surface area contributed by atoms with Crippen LogP contribution < -0.4 is 0 Å². The van der Waals surface area contributed by atoms with Gasteiger partial charge >= 0.3 is 0 Å². The van der Waals surface area contributed by atoms with Crippen LogP contribution >= 0.6 is 11.3 Å². The predicted molar refractivity (Wildman–Crippen MR) is 56.8 cm³/mol. The zero-order valence-corrected chi connectivity index (χ0v) is 8.89. The normalized spacial score (nSPS) is 10.7. The van der Waals surface area contributed by atoms with Gasteiger partial charge in [0.15, 0.2) is 5.78 Å². The number of aryl methyl sites for hydroxylation is 1. The Kier molecular flexibility index (Phi) is 2.29. The lowest BCUT2D eigenvalue weighted by molar-refractivity contribution is 0.0984. The molecular formula is C10H10N2OS. The van der Waals surface area contributed by atoms with Crippen LogP contribution in [0.1, 0.15) is 28.8 Å². The van der Waals surface area contributed by atoms with Gasteiger partial charge in [0, 0.05) is 6.42 Å². The predicted octanol–water partition coefficient (Wildman–Crippen LogP) is 2.59. The zero-order chi connectivity index (χ0) is 10.1. The molecule has 4 heteroatoms. The molecule has 2 aromatic rings. The molecular weight excluding hydrogens is 196 g/mol. The largest absolute Gasteiger partial charge is 0.292 e. The quantitative estimate of drug-likeness (QED) is 0.709. The van der Waals surface area contributed by atoms with Crippen molar-refractivity contribution in [1.29, 1.82) is 0 Å². The molecule has 2 heterocycles. The van der Waals surface area contributed by atoms with Crippen molar-refractivity contribution >= 4 is 27.5 Å². The minimum absolute atomic E-state index is 0.0814. The minimum Gasteiger partial charge on any atom is -0.292 e. The van der Waals surface area contributed by atoms with Crippen LogP contribution in [-0.4, -0.2) is 15.8 Å². The highest BCUT2D eigenvalue weighted by molar-refractivity contribution is 7.18. The first-order valence-electron chi connectivity index (χ1n) is 4.48. The second kappa shape index (κ2) is 3.46. The third-order valence-corrected chi connectivity index (χ3v) is 2.85. The SMILES string of the molecule is CCC(=O)c1ccc2nc(C)sc2n1. The van der Waals surface area contributed by atoms with E-state index in [1.165, 1.54) is 11.3 Å². The molecule has 0 N–H and O–H groups in total. The Morgan fingerprint density at radius 3 is 2.93 bits per heavy atom. The molecule has 72 valence electrons. The molecule has 0 aliphatic carbocycles. The van der Waals surface area contributed by atoms with E-state index >= 15 is 0 Å². The molecule has 0 bridgehead atoms. The number of fused-ring (bicyclic) bond motifs is 1. The lowest BCUT2D eigenvalue weighted by atomic mass is 10.2. The van der Waals surface area contributed by atoms with Crippen molar-refractivity contribution < 1.29 is 4.79 Å². The van der Waals surface area contributed by atoms with E-state index in [1.54, 1.807) is 6.07 Å². The number of carbonyl (C=O) groups is 1. The van der Waals surface area contributed by atoms with E-state index in [1.807, 2.05) is 19.9 Å². The number of hydrogen-bond acceptors (Lipinski definition) is 4. The van der Waals surface area contributed by atoms with Gasteiger partial charge in [-0.25, -0.2) is 9.97 Å². The fourth-order valence-electron chi connectivity index (χ4n) is 1.26. The first-order chi connectivity index (χ1) is 6.70. The number of nitrogens with zero attached hydrogens (tertiary/aromatic N) is 2. The van der Waals surface area contributed by atoms with Crippen molar-refractivity contribution in [2.75, 3.05) is 0 Å². The van der Waals surface area contributed by atoms with Crippen molar-refractivity contribution in [3.63, 3.8) is 0 Å². The van der Waals surface area contributed by atoms with E-state index in [0.717, 1.165) is 15.4 Å². The summed E-state index contributed by atoms with van der Waals surface area (Å²) in [4.78, 5) is 20.8. The fourth-order valence-corrected chi connectivity index (χ4v) is 2.05. The Bertz CT molecular complexity index is 490. The monoisotopic (exact) mass is 206 g/mol. The van der Waals surface area contributed by atoms with Gasteiger partial charge in [0.05, 0.1) is 5.01 Å². The molecule has 0 atom stereocenters. The van der Waals surface area contributed by atoms with E-state index in [-0.39, 0.29) is 5.78 Å². The Morgan fingerprint density at radius 2 is 2.21 bits per heavy atom. The lowest BCUT2D eigenvalue weighted by Gasteiger charge is -1.95. The van der Waals surface area contributed by atoms with Crippen LogP contribution in [0.2, 0.25) is 0 Å². The zero-order valence-electron chi connectivity index (χ0n) is 8.07. The van der Waals surface area contributed by atoms with E-state index < -0.39 is 0 Å². The molecule has 0 amide bonds. The Morgan fingerprint density at radius 1 is 1.43 bits per heavy atom. The number of hydrogen-bond donors (Lipinski definition) is 0. The van der Waals surface area contributed by atoms with Gasteiger partial charge < -0.3 is 0 Å². The average Bonchev–Trinajstić information content (AvgIpc) is 2.55. The molecule has 0 unspecified atom stereocenters. The number of thiazole rings is 1. The van der Waals surface area contributed by atoms with Crippen molar-refractivity contribution in [2.45, 2.75) is 20.3 Å². The van der Waals surface area contributed by atoms with E-state index in [4.69, 9.17) is 0 Å². The number of pyridine rings is 1. The maximum Gasteiger partial charge on any atom is 0.180 e. The maximum atomic E-state index is 11.4. The molecule has 3 nitrogen and oxygen atoms in total. The van der Waals surface area contributed by atoms with Gasteiger partial charge in [-0.05, 0) is 19.1 Å². The molecule has 0 aliphatic rings. The van der Waals surface area contributed by atoms with Gasteiger partial charge in [0.1, 0.15) is 16.0 Å². The van der Waals surface area contributed by atoms with Crippen LogP contribution in [0, 0.1) is 6.92 Å². The molecule has 2 rings (SSSR count). The van der Waals surface area contributed by atoms with Gasteiger partial charge in [-0.2, -0.15) is 0 Å². The van der Waals surface area contributed by atoms with Gasteiger partial charge in [0.2, 0.25) is 0 Å². The summed E-state index contributed by atoms with van der Waals surface area (Å²) in [5.74, 6) is 0.0814. The highest BCUT2D eigenvalue weighted by atomic mass is 32.1. The number of ketones is 1. The smallest absolute Gasteiger partial charge is 0.180 e. The molecule has 0 radical (unpaired) electrons. The fraction of sp³-hybridized carbons (Fsp3) is 0.300. The average molecular weight is 206 g/mol. The Labute approximate surface area is 85.8 Å². The second-order valence-corrected chi connectivity index (χ2v) is 4.21. The standard InChI is InChI=1S/C10H10N2OS/c1-3-9(13)7-4-5-8-10(12-7)14-6(2)11-8/h4-5H,3H2,1-2H3. The number of rotatable bonds is 2. The minimum atomic E-state index is 0.0814. The summed E-state index contributed by atoms with van der Waals surface area (Å²) in [6, 6.07) is 3.60. The molecule has 0 saturated carbocycles. The molecule has 0 aromatic carbocycles. The van der Waals surface area contributed by atoms with Crippen LogP contribution in [0.4, 0.5) is 0 Å². The van der Waals surface area contributed by atoms with Crippen molar-refractivity contribution in [3.8, 4) is 0 Å². The Hall–Kier alpha value is -1.29. The summed E-state index contributed by atoms with van der Waals surface area (Å²) in [5, 5.41) is 0.980. The molecule has 14 heavy (non-hydrogen) atoms. The lowest BCUT2D eigenvalue weighted by Crippen LogP contribution is -1.98. The Balaban J connectivity index is 2.55. The summed E-state index contributed by atoms with van der Waals surface area (Å²) in [6.45, 7) is 3.78. The summed E-state index contributed by atoms with van der Waals surface area (Å²) in [7, 11) is 0. The summed E-state index contributed by atoms with van der Waals surface area (Å²) in [6.07, 6.45) is 0.496. The second-order valence-electron chi connectivity index (χ2n) is 3.03. The molecule has 0 spiro atoms. The van der Waals surface area contributed by atoms with Crippen molar-refractivity contribution in [1.82, 2.24) is 9.97 Å². The summed E-state index contributed by atoms with van der Waals surface area (Å²) in [5.41, 5.74) is 1.42. The van der Waals surface area contributed by atoms with Gasteiger partial charge in [-0.15, -0.1) is 0 Å². The molecule has 0 aliphatic heterocycles. The first-order valence-corrected chi connectivity index (χ1v) is 5.29. The summed E-state index contributed by atoms with van der Waals surface area (Å²) < 4.78 is 0. The van der Waals surface area contributed by atoms with Gasteiger partial charge in [-0.3, -0.25) is 4.79 Å². The van der Waals surface area contributed by atoms with Crippen LogP contribution in [-0.2, 0) is 0 Å². The van der Waals surface area contributed by atoms with Crippen molar-refractivity contribution in [2.24, 2.45) is 0 Å². The third kappa shape index (κ3) is 1.53. The van der Waals surface area contributed by atoms with Crippen molar-refractivity contribution in [3.05, 3.63) is 22.8 Å². The number of aromatic nitrogens is 2. The van der Waals surface area contributed by atoms with Crippen LogP contribution in [0.15, 0.2) is 12.1 Å². The maximum absolute atomic E-state index is 11.4. The van der Waals surface area contributed by atoms with Gasteiger partial charge in [0.25, 0.3) is 0 Å². The highest BCUT2D eigenvalue weighted by Gasteiger charge is 2.07. The van der Waals surface area contributed by atoms with Crippen LogP contribution in [0.3, 0.4) is 0 Å².